The SMILES string of the molecule is N#CC(=CNc1ccc(-n2cnc(Br)n2)cc1)c1nn[nH]n1. The summed E-state index contributed by atoms with van der Waals surface area (Å²) in [5.74, 6) is 0.235. The van der Waals surface area contributed by atoms with E-state index in [4.69, 9.17) is 5.26 Å². The number of H-pyrrole nitrogens is 1. The first-order chi connectivity index (χ1) is 10.8. The lowest BCUT2D eigenvalue weighted by molar-refractivity contribution is 0.870. The fraction of sp³-hybridized carbons (Fsp3) is 0. The van der Waals surface area contributed by atoms with Crippen LogP contribution in [0, 0.1) is 11.3 Å². The third-order valence-electron chi connectivity index (χ3n) is 2.69. The van der Waals surface area contributed by atoms with Gasteiger partial charge in [0.25, 0.3) is 0 Å². The number of nitrogens with one attached hydrogen (secondary N) is 2. The number of hydrogen-bond acceptors (Lipinski definition) is 7. The predicted molar refractivity (Wildman–Crippen MR) is 80.4 cm³/mol. The van der Waals surface area contributed by atoms with Gasteiger partial charge in [-0.15, -0.1) is 15.3 Å². The molecule has 0 bridgehead atoms. The molecule has 1 aromatic carbocycles. The Morgan fingerprint density at radius 1 is 1.36 bits per heavy atom. The molecule has 0 spiro atoms. The highest BCUT2D eigenvalue weighted by atomic mass is 79.9. The quantitative estimate of drug-likeness (QED) is 0.678. The van der Waals surface area contributed by atoms with Gasteiger partial charge in [-0.3, -0.25) is 0 Å². The number of aromatic nitrogens is 7. The summed E-state index contributed by atoms with van der Waals surface area (Å²) in [7, 11) is 0. The van der Waals surface area contributed by atoms with E-state index in [0.717, 1.165) is 11.4 Å². The Morgan fingerprint density at radius 2 is 2.18 bits per heavy atom. The van der Waals surface area contributed by atoms with E-state index >= 15 is 0 Å². The summed E-state index contributed by atoms with van der Waals surface area (Å²) in [6, 6.07) is 9.45. The molecule has 0 aliphatic rings. The summed E-state index contributed by atoms with van der Waals surface area (Å²) in [5, 5.41) is 29.5. The summed E-state index contributed by atoms with van der Waals surface area (Å²) in [4.78, 5) is 4.00. The van der Waals surface area contributed by atoms with Crippen LogP contribution in [0.15, 0.2) is 41.5 Å². The molecular formula is C12H8BrN9. The van der Waals surface area contributed by atoms with Gasteiger partial charge in [0.05, 0.1) is 5.69 Å². The van der Waals surface area contributed by atoms with E-state index in [1.165, 1.54) is 6.20 Å². The van der Waals surface area contributed by atoms with Crippen LogP contribution in [-0.4, -0.2) is 35.4 Å². The maximum atomic E-state index is 9.07. The third kappa shape index (κ3) is 2.99. The van der Waals surface area contributed by atoms with Crippen LogP contribution in [0.4, 0.5) is 5.69 Å². The largest absolute Gasteiger partial charge is 0.360 e. The van der Waals surface area contributed by atoms with Crippen LogP contribution < -0.4 is 5.32 Å². The molecule has 0 aliphatic heterocycles. The van der Waals surface area contributed by atoms with E-state index in [-0.39, 0.29) is 11.4 Å². The lowest BCUT2D eigenvalue weighted by atomic mass is 10.2. The van der Waals surface area contributed by atoms with Crippen LogP contribution >= 0.6 is 15.9 Å². The number of anilines is 1. The first-order valence-electron chi connectivity index (χ1n) is 6.04. The molecule has 0 fully saturated rings. The molecule has 0 saturated heterocycles. The Balaban J connectivity index is 1.75. The number of halogens is 1. The molecule has 0 saturated carbocycles. The minimum absolute atomic E-state index is 0.235. The Hall–Kier alpha value is -3.06. The fourth-order valence-electron chi connectivity index (χ4n) is 1.66. The van der Waals surface area contributed by atoms with Gasteiger partial charge in [-0.2, -0.15) is 10.5 Å². The summed E-state index contributed by atoms with van der Waals surface area (Å²) < 4.78 is 2.17. The van der Waals surface area contributed by atoms with Crippen molar-refractivity contribution in [2.45, 2.75) is 0 Å². The lowest BCUT2D eigenvalue weighted by Gasteiger charge is -2.03. The van der Waals surface area contributed by atoms with Gasteiger partial charge < -0.3 is 5.32 Å². The van der Waals surface area contributed by atoms with Gasteiger partial charge in [-0.05, 0) is 45.4 Å². The molecule has 2 N–H and O–H groups in total. The Bertz CT molecular complexity index is 826. The zero-order valence-electron chi connectivity index (χ0n) is 11.0. The number of aromatic amines is 1. The summed E-state index contributed by atoms with van der Waals surface area (Å²) in [6.45, 7) is 0. The van der Waals surface area contributed by atoms with Crippen LogP contribution in [0.5, 0.6) is 0 Å². The number of tetrazole rings is 1. The molecule has 0 aliphatic carbocycles. The van der Waals surface area contributed by atoms with Crippen molar-refractivity contribution in [2.24, 2.45) is 0 Å². The second-order valence-electron chi connectivity index (χ2n) is 4.05. The first kappa shape index (κ1) is 13.9. The standard InChI is InChI=1S/C12H8BrN9/c13-12-16-7-22(19-12)10-3-1-9(2-4-10)15-6-8(5-14)11-17-20-21-18-11/h1-4,6-7,15H,(H,17,18,20,21). The molecule has 0 unspecified atom stereocenters. The minimum atomic E-state index is 0.235. The zero-order valence-corrected chi connectivity index (χ0v) is 12.6. The van der Waals surface area contributed by atoms with Crippen LogP contribution in [0.1, 0.15) is 5.82 Å². The van der Waals surface area contributed by atoms with E-state index in [2.05, 4.69) is 52.0 Å². The second kappa shape index (κ2) is 6.15. The molecule has 9 nitrogen and oxygen atoms in total. The van der Waals surface area contributed by atoms with Gasteiger partial charge in [0.2, 0.25) is 10.6 Å². The number of hydrogen-bond donors (Lipinski definition) is 2. The van der Waals surface area contributed by atoms with Crippen molar-refractivity contribution in [3.8, 4) is 11.8 Å². The Kier molecular flexibility index (Phi) is 3.88. The first-order valence-corrected chi connectivity index (χ1v) is 6.84. The smallest absolute Gasteiger partial charge is 0.217 e. The number of benzene rings is 1. The van der Waals surface area contributed by atoms with Gasteiger partial charge >= 0.3 is 0 Å². The van der Waals surface area contributed by atoms with Crippen molar-refractivity contribution in [1.29, 1.82) is 5.26 Å². The zero-order chi connectivity index (χ0) is 15.4. The third-order valence-corrected chi connectivity index (χ3v) is 3.05. The van der Waals surface area contributed by atoms with E-state index < -0.39 is 0 Å². The van der Waals surface area contributed by atoms with Crippen molar-refractivity contribution in [3.05, 3.63) is 47.4 Å². The molecule has 0 atom stereocenters. The van der Waals surface area contributed by atoms with E-state index in [9.17, 15) is 0 Å². The normalized spacial score (nSPS) is 11.2. The van der Waals surface area contributed by atoms with E-state index in [1.807, 2.05) is 30.3 Å². The van der Waals surface area contributed by atoms with Gasteiger partial charge in [0.1, 0.15) is 18.0 Å². The maximum absolute atomic E-state index is 9.07. The minimum Gasteiger partial charge on any atom is -0.360 e. The van der Waals surface area contributed by atoms with Crippen LogP contribution in [0.2, 0.25) is 0 Å². The highest BCUT2D eigenvalue weighted by Crippen LogP contribution is 2.15. The Morgan fingerprint density at radius 3 is 2.77 bits per heavy atom. The molecule has 108 valence electrons. The predicted octanol–water partition coefficient (Wildman–Crippen LogP) is 1.52. The van der Waals surface area contributed by atoms with Crippen LogP contribution in [-0.2, 0) is 0 Å². The fourth-order valence-corrected chi connectivity index (χ4v) is 1.92. The molecule has 2 aromatic heterocycles. The average molecular weight is 358 g/mol. The van der Waals surface area contributed by atoms with Crippen LogP contribution in [0.25, 0.3) is 11.3 Å². The number of allylic oxidation sites excluding steroid dienone is 1. The molecule has 3 aromatic rings. The highest BCUT2D eigenvalue weighted by Gasteiger charge is 2.05. The molecule has 0 amide bonds. The monoisotopic (exact) mass is 357 g/mol. The summed E-state index contributed by atoms with van der Waals surface area (Å²) in [6.07, 6.45) is 3.13. The summed E-state index contributed by atoms with van der Waals surface area (Å²) >= 11 is 3.20. The Labute approximate surface area is 132 Å². The van der Waals surface area contributed by atoms with Gasteiger partial charge in [0, 0.05) is 11.9 Å². The van der Waals surface area contributed by atoms with Crippen molar-refractivity contribution in [3.63, 3.8) is 0 Å². The number of rotatable bonds is 4. The maximum Gasteiger partial charge on any atom is 0.217 e. The topological polar surface area (TPSA) is 121 Å². The molecule has 2 heterocycles. The van der Waals surface area contributed by atoms with Crippen molar-refractivity contribution in [2.75, 3.05) is 5.32 Å². The van der Waals surface area contributed by atoms with Crippen LogP contribution in [0.3, 0.4) is 0 Å². The molecule has 22 heavy (non-hydrogen) atoms. The molecule has 3 rings (SSSR count). The van der Waals surface area contributed by atoms with Crippen molar-refractivity contribution < 1.29 is 0 Å². The van der Waals surface area contributed by atoms with Gasteiger partial charge in [-0.25, -0.2) is 9.67 Å². The molecule has 10 heteroatoms. The van der Waals surface area contributed by atoms with Crippen molar-refractivity contribution in [1.82, 2.24) is 35.4 Å². The molecular weight excluding hydrogens is 350 g/mol. The molecule has 0 radical (unpaired) electrons. The van der Waals surface area contributed by atoms with E-state index in [1.54, 1.807) is 11.0 Å². The van der Waals surface area contributed by atoms with Crippen molar-refractivity contribution >= 4 is 27.2 Å². The second-order valence-corrected chi connectivity index (χ2v) is 4.76. The highest BCUT2D eigenvalue weighted by molar-refractivity contribution is 9.10. The van der Waals surface area contributed by atoms with E-state index in [0.29, 0.717) is 4.73 Å². The average Bonchev–Trinajstić information content (AvgIpc) is 3.20. The number of nitrogens with zero attached hydrogens (tertiary/aromatic N) is 7. The number of nitriles is 1. The van der Waals surface area contributed by atoms with Gasteiger partial charge in [0.15, 0.2) is 0 Å². The summed E-state index contributed by atoms with van der Waals surface area (Å²) in [5.41, 5.74) is 1.95. The van der Waals surface area contributed by atoms with Gasteiger partial charge in [-0.1, -0.05) is 0 Å². The lowest BCUT2D eigenvalue weighted by Crippen LogP contribution is -1.96.